The molecule has 0 bridgehead atoms. The van der Waals surface area contributed by atoms with Crippen LogP contribution in [0, 0.1) is 24.0 Å². The van der Waals surface area contributed by atoms with Crippen molar-refractivity contribution in [3.05, 3.63) is 63.2 Å². The van der Waals surface area contributed by atoms with E-state index in [0.29, 0.717) is 16.1 Å². The van der Waals surface area contributed by atoms with Crippen molar-refractivity contribution in [2.24, 2.45) is 0 Å². The number of nitrogens with zero attached hydrogens (tertiary/aromatic N) is 1. The molecule has 0 spiro atoms. The lowest BCUT2D eigenvalue weighted by Gasteiger charge is -2.09. The van der Waals surface area contributed by atoms with Crippen molar-refractivity contribution in [3.63, 3.8) is 0 Å². The first-order valence-corrected chi connectivity index (χ1v) is 7.69. The fourth-order valence-corrected chi connectivity index (χ4v) is 3.56. The van der Waals surface area contributed by atoms with E-state index in [0.717, 1.165) is 11.1 Å². The summed E-state index contributed by atoms with van der Waals surface area (Å²) >= 11 is 0. The minimum absolute atomic E-state index is 0.0542. The normalized spacial score (nSPS) is 12.1. The number of benzene rings is 2. The van der Waals surface area contributed by atoms with Crippen LogP contribution in [0.1, 0.15) is 16.7 Å². The van der Waals surface area contributed by atoms with Crippen molar-refractivity contribution in [2.75, 3.05) is 5.73 Å². The Morgan fingerprint density at radius 3 is 2.57 bits per heavy atom. The molecule has 0 aliphatic carbocycles. The molecule has 5 nitrogen and oxygen atoms in total. The zero-order valence-corrected chi connectivity index (χ0v) is 12.6. The first-order valence-electron chi connectivity index (χ1n) is 6.37. The summed E-state index contributed by atoms with van der Waals surface area (Å²) in [7, 11) is -1.26. The van der Waals surface area contributed by atoms with Crippen LogP contribution in [0.3, 0.4) is 0 Å². The number of aryl methyl sites for hydroxylation is 1. The predicted octanol–water partition coefficient (Wildman–Crippen LogP) is 3.10. The van der Waals surface area contributed by atoms with Crippen LogP contribution < -0.4 is 5.73 Å². The Morgan fingerprint density at radius 2 is 1.95 bits per heavy atom. The van der Waals surface area contributed by atoms with Gasteiger partial charge in [-0.05, 0) is 43.2 Å². The van der Waals surface area contributed by atoms with Crippen LogP contribution in [0.15, 0.2) is 41.3 Å². The van der Waals surface area contributed by atoms with Crippen molar-refractivity contribution in [2.45, 2.75) is 24.5 Å². The molecule has 2 aromatic rings. The van der Waals surface area contributed by atoms with Crippen LogP contribution >= 0.6 is 0 Å². The number of nitro benzene ring substituents is 1. The molecular weight excluding hydrogens is 288 g/mol. The van der Waals surface area contributed by atoms with E-state index in [1.54, 1.807) is 37.3 Å². The van der Waals surface area contributed by atoms with Crippen molar-refractivity contribution in [1.82, 2.24) is 0 Å². The number of anilines is 1. The zero-order chi connectivity index (χ0) is 15.6. The van der Waals surface area contributed by atoms with Crippen LogP contribution in [-0.2, 0) is 16.6 Å². The minimum atomic E-state index is -1.26. The third-order valence-electron chi connectivity index (χ3n) is 3.34. The number of nitrogens with two attached hydrogens (primary N) is 1. The molecule has 1 atom stereocenters. The van der Waals surface area contributed by atoms with Crippen molar-refractivity contribution in [1.29, 1.82) is 0 Å². The van der Waals surface area contributed by atoms with Crippen molar-refractivity contribution < 1.29 is 9.13 Å². The largest absolute Gasteiger partial charge is 0.399 e. The lowest BCUT2D eigenvalue weighted by molar-refractivity contribution is -0.385. The molecule has 0 saturated heterocycles. The van der Waals surface area contributed by atoms with E-state index in [2.05, 4.69) is 0 Å². The summed E-state index contributed by atoms with van der Waals surface area (Å²) in [5.74, 6) is 0.248. The SMILES string of the molecule is Cc1cc(N)ccc1S(=O)Cc1cccc([N+](=O)[O-])c1C. The Labute approximate surface area is 125 Å². The van der Waals surface area contributed by atoms with E-state index in [1.165, 1.54) is 6.07 Å². The Bertz CT molecular complexity index is 729. The quantitative estimate of drug-likeness (QED) is 0.534. The molecule has 2 aromatic carbocycles. The number of hydrogen-bond acceptors (Lipinski definition) is 4. The number of nitro groups is 1. The van der Waals surface area contributed by atoms with Gasteiger partial charge in [0.2, 0.25) is 0 Å². The van der Waals surface area contributed by atoms with E-state index < -0.39 is 15.7 Å². The van der Waals surface area contributed by atoms with E-state index >= 15 is 0 Å². The van der Waals surface area contributed by atoms with Gasteiger partial charge in [0.05, 0.1) is 21.5 Å². The Morgan fingerprint density at radius 1 is 1.24 bits per heavy atom. The van der Waals surface area contributed by atoms with E-state index in [9.17, 15) is 14.3 Å². The van der Waals surface area contributed by atoms with Crippen LogP contribution in [0.2, 0.25) is 0 Å². The van der Waals surface area contributed by atoms with Crippen LogP contribution in [0.25, 0.3) is 0 Å². The molecule has 0 heterocycles. The van der Waals surface area contributed by atoms with Crippen molar-refractivity contribution in [3.8, 4) is 0 Å². The predicted molar refractivity (Wildman–Crippen MR) is 83.5 cm³/mol. The van der Waals surface area contributed by atoms with Gasteiger partial charge in [0, 0.05) is 22.2 Å². The number of hydrogen-bond donors (Lipinski definition) is 1. The summed E-state index contributed by atoms with van der Waals surface area (Å²) in [5.41, 5.74) is 8.50. The van der Waals surface area contributed by atoms with E-state index in [4.69, 9.17) is 5.73 Å². The molecule has 2 rings (SSSR count). The zero-order valence-electron chi connectivity index (χ0n) is 11.8. The summed E-state index contributed by atoms with van der Waals surface area (Å²) in [6.07, 6.45) is 0. The van der Waals surface area contributed by atoms with Gasteiger partial charge in [-0.1, -0.05) is 12.1 Å². The van der Waals surface area contributed by atoms with Crippen LogP contribution in [0.4, 0.5) is 11.4 Å². The van der Waals surface area contributed by atoms with E-state index in [1.807, 2.05) is 6.92 Å². The van der Waals surface area contributed by atoms with Gasteiger partial charge < -0.3 is 5.73 Å². The molecule has 1 unspecified atom stereocenters. The summed E-state index contributed by atoms with van der Waals surface area (Å²) in [5, 5.41) is 10.9. The fourth-order valence-electron chi connectivity index (χ4n) is 2.17. The van der Waals surface area contributed by atoms with Gasteiger partial charge in [-0.3, -0.25) is 14.3 Å². The highest BCUT2D eigenvalue weighted by Gasteiger charge is 2.16. The van der Waals surface area contributed by atoms with Gasteiger partial charge in [0.1, 0.15) is 0 Å². The molecule has 0 radical (unpaired) electrons. The number of rotatable bonds is 4. The molecule has 0 saturated carbocycles. The smallest absolute Gasteiger partial charge is 0.272 e. The van der Waals surface area contributed by atoms with Gasteiger partial charge in [0.25, 0.3) is 5.69 Å². The monoisotopic (exact) mass is 304 g/mol. The molecule has 6 heteroatoms. The average molecular weight is 304 g/mol. The van der Waals surface area contributed by atoms with E-state index in [-0.39, 0.29) is 11.4 Å². The molecule has 0 aliphatic heterocycles. The van der Waals surface area contributed by atoms with Gasteiger partial charge in [-0.2, -0.15) is 0 Å². The molecule has 110 valence electrons. The highest BCUT2D eigenvalue weighted by molar-refractivity contribution is 7.84. The van der Waals surface area contributed by atoms with Gasteiger partial charge in [-0.25, -0.2) is 0 Å². The highest BCUT2D eigenvalue weighted by Crippen LogP contribution is 2.25. The topological polar surface area (TPSA) is 86.2 Å². The maximum Gasteiger partial charge on any atom is 0.272 e. The second-order valence-corrected chi connectivity index (χ2v) is 6.25. The van der Waals surface area contributed by atoms with Crippen LogP contribution in [0.5, 0.6) is 0 Å². The van der Waals surface area contributed by atoms with Crippen molar-refractivity contribution >= 4 is 22.2 Å². The second-order valence-electron chi connectivity index (χ2n) is 4.83. The fraction of sp³-hybridized carbons (Fsp3) is 0.200. The minimum Gasteiger partial charge on any atom is -0.399 e. The average Bonchev–Trinajstić information content (AvgIpc) is 2.40. The molecular formula is C15H16N2O3S. The first kappa shape index (κ1) is 15.2. The first-order chi connectivity index (χ1) is 9.90. The molecule has 21 heavy (non-hydrogen) atoms. The second kappa shape index (κ2) is 6.05. The molecule has 0 aromatic heterocycles. The maximum atomic E-state index is 12.5. The van der Waals surface area contributed by atoms with Gasteiger partial charge in [0.15, 0.2) is 0 Å². The standard InChI is InChI=1S/C15H16N2O3S/c1-10-8-13(16)6-7-15(10)21(20)9-12-4-3-5-14(11(12)2)17(18)19/h3-8H,9,16H2,1-2H3. The maximum absolute atomic E-state index is 12.5. The Kier molecular flexibility index (Phi) is 4.37. The third-order valence-corrected chi connectivity index (χ3v) is 4.87. The highest BCUT2D eigenvalue weighted by atomic mass is 32.2. The Balaban J connectivity index is 2.32. The molecule has 0 amide bonds. The Hall–Kier alpha value is -2.21. The summed E-state index contributed by atoms with van der Waals surface area (Å²) < 4.78 is 12.5. The third kappa shape index (κ3) is 3.28. The molecule has 2 N–H and O–H groups in total. The summed E-state index contributed by atoms with van der Waals surface area (Å²) in [6.45, 7) is 3.53. The summed E-state index contributed by atoms with van der Waals surface area (Å²) in [6, 6.07) is 10.1. The van der Waals surface area contributed by atoms with Crippen LogP contribution in [-0.4, -0.2) is 9.13 Å². The lowest BCUT2D eigenvalue weighted by atomic mass is 10.1. The lowest BCUT2D eigenvalue weighted by Crippen LogP contribution is -2.03. The molecule has 0 fully saturated rings. The summed E-state index contributed by atoms with van der Waals surface area (Å²) in [4.78, 5) is 11.2. The van der Waals surface area contributed by atoms with Gasteiger partial charge in [-0.15, -0.1) is 0 Å². The van der Waals surface area contributed by atoms with Gasteiger partial charge >= 0.3 is 0 Å². The number of nitrogen functional groups attached to an aromatic ring is 1. The molecule has 0 aliphatic rings.